The maximum Gasteiger partial charge on any atom is 0.271 e. The van der Waals surface area contributed by atoms with Crippen LogP contribution in [0.3, 0.4) is 0 Å². The van der Waals surface area contributed by atoms with Gasteiger partial charge in [0, 0.05) is 5.56 Å². The number of nitrogens with zero attached hydrogens (tertiary/aromatic N) is 1. The maximum absolute atomic E-state index is 12.2. The van der Waals surface area contributed by atoms with E-state index >= 15 is 0 Å². The number of methoxy groups -OCH3 is 1. The number of fused-ring (bicyclic) bond motifs is 1. The third-order valence-corrected chi connectivity index (χ3v) is 4.14. The van der Waals surface area contributed by atoms with Crippen LogP contribution in [-0.2, 0) is 0 Å². The number of carbonyl (C=O) groups is 1. The fourth-order valence-corrected chi connectivity index (χ4v) is 3.01. The molecule has 0 saturated heterocycles. The molecule has 0 fully saturated rings. The van der Waals surface area contributed by atoms with E-state index in [1.165, 1.54) is 6.21 Å². The largest absolute Gasteiger partial charge is 0.492 e. The molecule has 136 valence electrons. The molecule has 2 aromatic carbocycles. The summed E-state index contributed by atoms with van der Waals surface area (Å²) < 4.78 is 22.1. The second-order valence-electron chi connectivity index (χ2n) is 5.23. The first-order valence-electron chi connectivity index (χ1n) is 7.85. The zero-order valence-electron chi connectivity index (χ0n) is 14.2. The molecule has 0 aromatic heterocycles. The van der Waals surface area contributed by atoms with Crippen LogP contribution in [0.2, 0.25) is 0 Å². The molecule has 0 spiro atoms. The van der Waals surface area contributed by atoms with Crippen molar-refractivity contribution in [3.63, 3.8) is 0 Å². The Labute approximate surface area is 159 Å². The Morgan fingerprint density at radius 3 is 2.88 bits per heavy atom. The highest BCUT2D eigenvalue weighted by atomic mass is 79.9. The van der Waals surface area contributed by atoms with Crippen LogP contribution in [0.1, 0.15) is 22.8 Å². The monoisotopic (exact) mass is 420 g/mol. The number of halogens is 1. The predicted octanol–water partition coefficient (Wildman–Crippen LogP) is 3.35. The van der Waals surface area contributed by atoms with Crippen molar-refractivity contribution in [1.82, 2.24) is 5.43 Å². The number of amides is 1. The summed E-state index contributed by atoms with van der Waals surface area (Å²) in [4.78, 5) is 12.2. The Hall–Kier alpha value is -2.74. The molecule has 3 rings (SSSR count). The fraction of sp³-hybridized carbons (Fsp3) is 0.222. The van der Waals surface area contributed by atoms with Crippen molar-refractivity contribution in [2.75, 3.05) is 20.5 Å². The van der Waals surface area contributed by atoms with Gasteiger partial charge in [-0.15, -0.1) is 0 Å². The van der Waals surface area contributed by atoms with Gasteiger partial charge in [0.15, 0.2) is 23.0 Å². The van der Waals surface area contributed by atoms with Crippen LogP contribution in [0, 0.1) is 0 Å². The Bertz CT molecular complexity index is 854. The summed E-state index contributed by atoms with van der Waals surface area (Å²) in [6.07, 6.45) is 1.53. The molecule has 0 bridgehead atoms. The van der Waals surface area contributed by atoms with E-state index in [0.717, 1.165) is 10.0 Å². The standard InChI is InChI=1S/C18H17BrN2O5/c1-3-24-16-7-11(6-13(19)17(16)23-2)9-20-21-18(22)12-4-5-14-15(8-12)26-10-25-14/h4-9H,3,10H2,1-2H3,(H,21,22)/b20-9+. The Kier molecular flexibility index (Phi) is 5.62. The third kappa shape index (κ3) is 3.91. The highest BCUT2D eigenvalue weighted by molar-refractivity contribution is 9.10. The van der Waals surface area contributed by atoms with Crippen LogP contribution in [0.25, 0.3) is 0 Å². The lowest BCUT2D eigenvalue weighted by Crippen LogP contribution is -2.17. The van der Waals surface area contributed by atoms with Crippen molar-refractivity contribution in [3.05, 3.63) is 45.9 Å². The lowest BCUT2D eigenvalue weighted by molar-refractivity contribution is 0.0954. The van der Waals surface area contributed by atoms with E-state index in [0.29, 0.717) is 35.2 Å². The first kappa shape index (κ1) is 18.1. The summed E-state index contributed by atoms with van der Waals surface area (Å²) in [5, 5.41) is 4.00. The Balaban J connectivity index is 1.71. The highest BCUT2D eigenvalue weighted by Gasteiger charge is 2.16. The van der Waals surface area contributed by atoms with Crippen molar-refractivity contribution >= 4 is 28.1 Å². The zero-order valence-corrected chi connectivity index (χ0v) is 15.8. The number of nitrogens with one attached hydrogen (secondary N) is 1. The molecule has 1 amide bonds. The second kappa shape index (κ2) is 8.09. The van der Waals surface area contributed by atoms with Crippen molar-refractivity contribution in [2.45, 2.75) is 6.92 Å². The molecule has 1 heterocycles. The number of benzene rings is 2. The van der Waals surface area contributed by atoms with Gasteiger partial charge in [0.1, 0.15) is 0 Å². The van der Waals surface area contributed by atoms with Gasteiger partial charge >= 0.3 is 0 Å². The minimum Gasteiger partial charge on any atom is -0.492 e. The van der Waals surface area contributed by atoms with E-state index in [9.17, 15) is 4.79 Å². The number of carbonyl (C=O) groups excluding carboxylic acids is 1. The number of rotatable bonds is 6. The summed E-state index contributed by atoms with van der Waals surface area (Å²) in [6, 6.07) is 8.55. The zero-order chi connectivity index (χ0) is 18.5. The summed E-state index contributed by atoms with van der Waals surface area (Å²) >= 11 is 3.43. The van der Waals surface area contributed by atoms with Crippen LogP contribution in [0.15, 0.2) is 39.9 Å². The van der Waals surface area contributed by atoms with Crippen molar-refractivity contribution < 1.29 is 23.7 Å². The van der Waals surface area contributed by atoms with Gasteiger partial charge in [-0.05, 0) is 58.7 Å². The molecule has 1 N–H and O–H groups in total. The van der Waals surface area contributed by atoms with Gasteiger partial charge in [-0.1, -0.05) is 0 Å². The fourth-order valence-electron chi connectivity index (χ4n) is 2.39. The molecule has 0 atom stereocenters. The normalized spacial score (nSPS) is 12.3. The first-order chi connectivity index (χ1) is 12.6. The number of ether oxygens (including phenoxy) is 4. The molecular weight excluding hydrogens is 404 g/mol. The highest BCUT2D eigenvalue weighted by Crippen LogP contribution is 2.36. The van der Waals surface area contributed by atoms with E-state index < -0.39 is 0 Å². The van der Waals surface area contributed by atoms with Crippen molar-refractivity contribution in [2.24, 2.45) is 5.10 Å². The smallest absolute Gasteiger partial charge is 0.271 e. The summed E-state index contributed by atoms with van der Waals surface area (Å²) in [5.74, 6) is 2.01. The van der Waals surface area contributed by atoms with Crippen molar-refractivity contribution in [3.8, 4) is 23.0 Å². The quantitative estimate of drug-likeness (QED) is 0.572. The SMILES string of the molecule is CCOc1cc(/C=N/NC(=O)c2ccc3c(c2)OCO3)cc(Br)c1OC. The van der Waals surface area contributed by atoms with Crippen LogP contribution in [0.5, 0.6) is 23.0 Å². The van der Waals surface area contributed by atoms with E-state index in [2.05, 4.69) is 26.5 Å². The van der Waals surface area contributed by atoms with Crippen LogP contribution < -0.4 is 24.4 Å². The number of hydrogen-bond acceptors (Lipinski definition) is 6. The molecular formula is C18H17BrN2O5. The maximum atomic E-state index is 12.2. The van der Waals surface area contributed by atoms with E-state index in [4.69, 9.17) is 18.9 Å². The lowest BCUT2D eigenvalue weighted by atomic mass is 10.2. The average Bonchev–Trinajstić information content (AvgIpc) is 3.09. The minimum absolute atomic E-state index is 0.160. The van der Waals surface area contributed by atoms with Crippen LogP contribution >= 0.6 is 15.9 Å². The molecule has 0 saturated carbocycles. The minimum atomic E-state index is -0.350. The summed E-state index contributed by atoms with van der Waals surface area (Å²) in [5.41, 5.74) is 3.66. The molecule has 2 aromatic rings. The molecule has 8 heteroatoms. The van der Waals surface area contributed by atoms with Gasteiger partial charge in [0.25, 0.3) is 5.91 Å². The number of hydrazone groups is 1. The van der Waals surface area contributed by atoms with Crippen LogP contribution in [0.4, 0.5) is 0 Å². The van der Waals surface area contributed by atoms with Crippen LogP contribution in [-0.4, -0.2) is 32.6 Å². The first-order valence-corrected chi connectivity index (χ1v) is 8.65. The van der Waals surface area contributed by atoms with Crippen molar-refractivity contribution in [1.29, 1.82) is 0 Å². The topological polar surface area (TPSA) is 78.4 Å². The van der Waals surface area contributed by atoms with E-state index in [1.807, 2.05) is 13.0 Å². The van der Waals surface area contributed by atoms with Gasteiger partial charge < -0.3 is 18.9 Å². The Morgan fingerprint density at radius 1 is 1.31 bits per heavy atom. The van der Waals surface area contributed by atoms with Gasteiger partial charge in [0.05, 0.1) is 24.4 Å². The molecule has 0 radical (unpaired) electrons. The van der Waals surface area contributed by atoms with Gasteiger partial charge in [-0.25, -0.2) is 5.43 Å². The Morgan fingerprint density at radius 2 is 2.12 bits per heavy atom. The molecule has 1 aliphatic heterocycles. The summed E-state index contributed by atoms with van der Waals surface area (Å²) in [6.45, 7) is 2.55. The average molecular weight is 421 g/mol. The second-order valence-corrected chi connectivity index (χ2v) is 6.09. The van der Waals surface area contributed by atoms with Gasteiger partial charge in [0.2, 0.25) is 6.79 Å². The molecule has 0 aliphatic carbocycles. The lowest BCUT2D eigenvalue weighted by Gasteiger charge is -2.11. The van der Waals surface area contributed by atoms with Gasteiger partial charge in [-0.3, -0.25) is 4.79 Å². The van der Waals surface area contributed by atoms with E-state index in [-0.39, 0.29) is 12.7 Å². The molecule has 26 heavy (non-hydrogen) atoms. The molecule has 1 aliphatic rings. The van der Waals surface area contributed by atoms with E-state index in [1.54, 1.807) is 31.4 Å². The van der Waals surface area contributed by atoms with Gasteiger partial charge in [-0.2, -0.15) is 5.10 Å². The third-order valence-electron chi connectivity index (χ3n) is 3.55. The summed E-state index contributed by atoms with van der Waals surface area (Å²) in [7, 11) is 1.57. The number of hydrogen-bond donors (Lipinski definition) is 1. The molecule has 7 nitrogen and oxygen atoms in total. The predicted molar refractivity (Wildman–Crippen MR) is 99.5 cm³/mol. The molecule has 0 unspecified atom stereocenters.